The van der Waals surface area contributed by atoms with E-state index < -0.39 is 0 Å². The first-order valence-electron chi connectivity index (χ1n) is 4.86. The van der Waals surface area contributed by atoms with Crippen LogP contribution in [0.4, 0.5) is 5.69 Å². The van der Waals surface area contributed by atoms with Crippen molar-refractivity contribution >= 4 is 5.69 Å². The van der Waals surface area contributed by atoms with E-state index in [1.165, 1.54) is 11.3 Å². The summed E-state index contributed by atoms with van der Waals surface area (Å²) in [5.74, 6) is 0. The molecule has 0 radical (unpaired) electrons. The Kier molecular flexibility index (Phi) is 2.23. The molecule has 0 amide bonds. The first-order chi connectivity index (χ1) is 6.33. The molecule has 1 heterocycles. The highest BCUT2D eigenvalue weighted by Crippen LogP contribution is 2.30. The van der Waals surface area contributed by atoms with Gasteiger partial charge in [-0.05, 0) is 30.0 Å². The van der Waals surface area contributed by atoms with Crippen LogP contribution < -0.4 is 5.32 Å². The number of benzene rings is 1. The molecule has 0 bridgehead atoms. The molecule has 1 aliphatic heterocycles. The standard InChI is InChI=1S/C11H15NO/c1-2-11(13)9-4-3-5-10-8(9)6-7-12-10/h3-5,11-13H,2,6-7H2,1H3. The smallest absolute Gasteiger partial charge is 0.0790 e. The highest BCUT2D eigenvalue weighted by atomic mass is 16.3. The molecular formula is C11H15NO. The summed E-state index contributed by atoms with van der Waals surface area (Å²) in [7, 11) is 0. The van der Waals surface area contributed by atoms with Gasteiger partial charge in [0.25, 0.3) is 0 Å². The second kappa shape index (κ2) is 3.38. The van der Waals surface area contributed by atoms with E-state index in [2.05, 4.69) is 11.4 Å². The van der Waals surface area contributed by atoms with Crippen molar-refractivity contribution in [1.29, 1.82) is 0 Å². The maximum atomic E-state index is 9.77. The molecular weight excluding hydrogens is 162 g/mol. The van der Waals surface area contributed by atoms with Crippen LogP contribution in [0.1, 0.15) is 30.6 Å². The molecule has 2 heteroatoms. The summed E-state index contributed by atoms with van der Waals surface area (Å²) in [6.45, 7) is 3.01. The molecule has 70 valence electrons. The quantitative estimate of drug-likeness (QED) is 0.725. The average Bonchev–Trinajstić information content (AvgIpc) is 2.63. The highest BCUT2D eigenvalue weighted by Gasteiger charge is 2.17. The van der Waals surface area contributed by atoms with Gasteiger partial charge in [0.2, 0.25) is 0 Å². The molecule has 0 aromatic heterocycles. The van der Waals surface area contributed by atoms with Crippen molar-refractivity contribution in [3.63, 3.8) is 0 Å². The number of rotatable bonds is 2. The lowest BCUT2D eigenvalue weighted by Gasteiger charge is -2.12. The summed E-state index contributed by atoms with van der Waals surface area (Å²) in [6, 6.07) is 6.11. The second-order valence-electron chi connectivity index (χ2n) is 3.47. The van der Waals surface area contributed by atoms with Crippen molar-refractivity contribution in [2.75, 3.05) is 11.9 Å². The van der Waals surface area contributed by atoms with Gasteiger partial charge < -0.3 is 10.4 Å². The molecule has 2 nitrogen and oxygen atoms in total. The van der Waals surface area contributed by atoms with Crippen LogP contribution in [0, 0.1) is 0 Å². The van der Waals surface area contributed by atoms with Crippen molar-refractivity contribution in [1.82, 2.24) is 0 Å². The second-order valence-corrected chi connectivity index (χ2v) is 3.47. The van der Waals surface area contributed by atoms with Gasteiger partial charge in [0.1, 0.15) is 0 Å². The van der Waals surface area contributed by atoms with Crippen LogP contribution in [0.25, 0.3) is 0 Å². The number of hydrogen-bond acceptors (Lipinski definition) is 2. The molecule has 2 N–H and O–H groups in total. The molecule has 0 aliphatic carbocycles. The Labute approximate surface area is 78.6 Å². The lowest BCUT2D eigenvalue weighted by molar-refractivity contribution is 0.173. The first-order valence-corrected chi connectivity index (χ1v) is 4.86. The number of hydrogen-bond donors (Lipinski definition) is 2. The summed E-state index contributed by atoms with van der Waals surface area (Å²) >= 11 is 0. The fraction of sp³-hybridized carbons (Fsp3) is 0.455. The highest BCUT2D eigenvalue weighted by molar-refractivity contribution is 5.58. The van der Waals surface area contributed by atoms with Gasteiger partial charge >= 0.3 is 0 Å². The Morgan fingerprint density at radius 3 is 3.15 bits per heavy atom. The predicted octanol–water partition coefficient (Wildman–Crippen LogP) is 2.10. The summed E-state index contributed by atoms with van der Waals surface area (Å²) in [5, 5.41) is 13.1. The van der Waals surface area contributed by atoms with Crippen LogP contribution >= 0.6 is 0 Å². The van der Waals surface area contributed by atoms with E-state index in [1.54, 1.807) is 0 Å². The third-order valence-corrected chi connectivity index (χ3v) is 2.65. The Hall–Kier alpha value is -1.02. The monoisotopic (exact) mass is 177 g/mol. The van der Waals surface area contributed by atoms with Gasteiger partial charge in [-0.15, -0.1) is 0 Å². The molecule has 0 saturated heterocycles. The van der Waals surface area contributed by atoms with E-state index in [0.29, 0.717) is 0 Å². The topological polar surface area (TPSA) is 32.3 Å². The lowest BCUT2D eigenvalue weighted by Crippen LogP contribution is -1.99. The van der Waals surface area contributed by atoms with E-state index in [4.69, 9.17) is 0 Å². The summed E-state index contributed by atoms with van der Waals surface area (Å²) in [5.41, 5.74) is 3.60. The third kappa shape index (κ3) is 1.42. The SMILES string of the molecule is CCC(O)c1cccc2c1CCN2. The molecule has 0 fully saturated rings. The molecule has 1 atom stereocenters. The summed E-state index contributed by atoms with van der Waals surface area (Å²) < 4.78 is 0. The average molecular weight is 177 g/mol. The zero-order chi connectivity index (χ0) is 9.26. The summed E-state index contributed by atoms with van der Waals surface area (Å²) in [4.78, 5) is 0. The molecule has 0 spiro atoms. The van der Waals surface area contributed by atoms with Gasteiger partial charge in [0.05, 0.1) is 6.10 Å². The fourth-order valence-electron chi connectivity index (χ4n) is 1.90. The van der Waals surface area contributed by atoms with Crippen LogP contribution in [0.15, 0.2) is 18.2 Å². The summed E-state index contributed by atoms with van der Waals surface area (Å²) in [6.07, 6.45) is 1.54. The molecule has 1 unspecified atom stereocenters. The zero-order valence-corrected chi connectivity index (χ0v) is 7.88. The molecule has 0 saturated carbocycles. The van der Waals surface area contributed by atoms with Crippen LogP contribution in [0.3, 0.4) is 0 Å². The maximum Gasteiger partial charge on any atom is 0.0790 e. The zero-order valence-electron chi connectivity index (χ0n) is 7.88. The predicted molar refractivity (Wildman–Crippen MR) is 53.9 cm³/mol. The third-order valence-electron chi connectivity index (χ3n) is 2.65. The van der Waals surface area contributed by atoms with Crippen molar-refractivity contribution < 1.29 is 5.11 Å². The molecule has 1 aromatic carbocycles. The molecule has 1 aromatic rings. The van der Waals surface area contributed by atoms with Gasteiger partial charge in [-0.25, -0.2) is 0 Å². The van der Waals surface area contributed by atoms with Crippen LogP contribution in [0.2, 0.25) is 0 Å². The Bertz CT molecular complexity index is 309. The van der Waals surface area contributed by atoms with Gasteiger partial charge in [-0.3, -0.25) is 0 Å². The Morgan fingerprint density at radius 1 is 1.54 bits per heavy atom. The van der Waals surface area contributed by atoms with E-state index in [9.17, 15) is 5.11 Å². The molecule has 1 aliphatic rings. The van der Waals surface area contributed by atoms with Crippen molar-refractivity contribution in [2.24, 2.45) is 0 Å². The minimum absolute atomic E-state index is 0.296. The minimum Gasteiger partial charge on any atom is -0.388 e. The Balaban J connectivity index is 2.41. The van der Waals surface area contributed by atoms with Gasteiger partial charge in [0.15, 0.2) is 0 Å². The fourth-order valence-corrected chi connectivity index (χ4v) is 1.90. The first kappa shape index (κ1) is 8.57. The maximum absolute atomic E-state index is 9.77. The van der Waals surface area contributed by atoms with Crippen molar-refractivity contribution in [3.05, 3.63) is 29.3 Å². The number of aliphatic hydroxyl groups is 1. The molecule has 2 rings (SSSR count). The van der Waals surface area contributed by atoms with E-state index in [-0.39, 0.29) is 6.10 Å². The minimum atomic E-state index is -0.296. The largest absolute Gasteiger partial charge is 0.388 e. The van der Waals surface area contributed by atoms with Gasteiger partial charge in [-0.1, -0.05) is 19.1 Å². The number of fused-ring (bicyclic) bond motifs is 1. The van der Waals surface area contributed by atoms with E-state index in [1.807, 2.05) is 19.1 Å². The normalized spacial score (nSPS) is 16.5. The number of nitrogens with one attached hydrogen (secondary N) is 1. The van der Waals surface area contributed by atoms with E-state index >= 15 is 0 Å². The number of anilines is 1. The van der Waals surface area contributed by atoms with Crippen LogP contribution in [0.5, 0.6) is 0 Å². The van der Waals surface area contributed by atoms with Crippen LogP contribution in [-0.4, -0.2) is 11.7 Å². The van der Waals surface area contributed by atoms with Crippen molar-refractivity contribution in [3.8, 4) is 0 Å². The van der Waals surface area contributed by atoms with Crippen LogP contribution in [-0.2, 0) is 6.42 Å². The number of aliphatic hydroxyl groups excluding tert-OH is 1. The van der Waals surface area contributed by atoms with Crippen molar-refractivity contribution in [2.45, 2.75) is 25.9 Å². The molecule has 13 heavy (non-hydrogen) atoms. The Morgan fingerprint density at radius 2 is 2.38 bits per heavy atom. The lowest BCUT2D eigenvalue weighted by atomic mass is 9.99. The van der Waals surface area contributed by atoms with Gasteiger partial charge in [0, 0.05) is 12.2 Å². The van der Waals surface area contributed by atoms with Gasteiger partial charge in [-0.2, -0.15) is 0 Å². The van der Waals surface area contributed by atoms with E-state index in [0.717, 1.165) is 24.9 Å².